The zero-order valence-electron chi connectivity index (χ0n) is 13.1. The number of hydrogen-bond acceptors (Lipinski definition) is 3. The number of fused-ring (bicyclic) bond motifs is 1. The Hall–Kier alpha value is -1.83. The summed E-state index contributed by atoms with van der Waals surface area (Å²) in [6, 6.07) is 11.2. The molecule has 0 aliphatic carbocycles. The number of hydrogen-bond donors (Lipinski definition) is 1. The minimum atomic E-state index is -3.76. The molecule has 0 radical (unpaired) electrons. The molecular formula is C16H19ClFN3O2S. The summed E-state index contributed by atoms with van der Waals surface area (Å²) in [5.74, 6) is -0.392. The molecule has 0 saturated carbocycles. The van der Waals surface area contributed by atoms with Crippen molar-refractivity contribution in [3.63, 3.8) is 0 Å². The van der Waals surface area contributed by atoms with Crippen LogP contribution >= 0.6 is 12.4 Å². The monoisotopic (exact) mass is 371 g/mol. The van der Waals surface area contributed by atoms with Crippen LogP contribution < -0.4 is 14.3 Å². The van der Waals surface area contributed by atoms with Crippen LogP contribution in [0.25, 0.3) is 0 Å². The van der Waals surface area contributed by atoms with Gasteiger partial charge in [0, 0.05) is 6.54 Å². The molecule has 130 valence electrons. The molecule has 24 heavy (non-hydrogen) atoms. The minimum absolute atomic E-state index is 0. The summed E-state index contributed by atoms with van der Waals surface area (Å²) in [6.45, 7) is 2.41. The average molecular weight is 372 g/mol. The van der Waals surface area contributed by atoms with Gasteiger partial charge in [-0.05, 0) is 55.8 Å². The van der Waals surface area contributed by atoms with E-state index in [0.29, 0.717) is 42.1 Å². The van der Waals surface area contributed by atoms with Crippen molar-refractivity contribution in [1.82, 2.24) is 0 Å². The molecule has 0 unspecified atom stereocenters. The molecule has 8 heteroatoms. The summed E-state index contributed by atoms with van der Waals surface area (Å²) in [5, 5.41) is 0. The Labute approximate surface area is 147 Å². The summed E-state index contributed by atoms with van der Waals surface area (Å²) in [7, 11) is -3.76. The van der Waals surface area contributed by atoms with Gasteiger partial charge in [0.05, 0.1) is 17.1 Å². The molecular weight excluding hydrogens is 353 g/mol. The minimum Gasteiger partial charge on any atom is -0.330 e. The van der Waals surface area contributed by atoms with E-state index < -0.39 is 16.0 Å². The van der Waals surface area contributed by atoms with Crippen molar-refractivity contribution < 1.29 is 12.8 Å². The Balaban J connectivity index is 0.00000208. The number of aryl methyl sites for hydroxylation is 1. The highest BCUT2D eigenvalue weighted by molar-refractivity contribution is 7.95. The normalized spacial score (nSPS) is 15.1. The number of nitrogens with two attached hydrogens (primary N) is 1. The summed E-state index contributed by atoms with van der Waals surface area (Å²) in [6.07, 6.45) is 0.559. The zero-order valence-corrected chi connectivity index (χ0v) is 14.8. The molecule has 2 aromatic rings. The van der Waals surface area contributed by atoms with E-state index in [4.69, 9.17) is 5.73 Å². The van der Waals surface area contributed by atoms with Crippen molar-refractivity contribution in [2.45, 2.75) is 13.3 Å². The molecule has 1 heterocycles. The summed E-state index contributed by atoms with van der Waals surface area (Å²) in [4.78, 5) is 0. The molecule has 2 aromatic carbocycles. The molecule has 0 aromatic heterocycles. The third kappa shape index (κ3) is 2.94. The standard InChI is InChI=1S/C16H18FN3O2S.ClH/c1-12-11-13(17)7-8-14(12)20-16-6-3-2-5-15(16)19(10-4-9-18)23(20,21)22;/h2-3,5-8,11H,4,9-10,18H2,1H3;1H. The number of benzene rings is 2. The molecule has 5 nitrogen and oxygen atoms in total. The Kier molecular flexibility index (Phi) is 5.37. The van der Waals surface area contributed by atoms with Crippen molar-refractivity contribution >= 4 is 39.7 Å². The van der Waals surface area contributed by atoms with E-state index in [0.717, 1.165) is 0 Å². The largest absolute Gasteiger partial charge is 0.330 e. The first-order chi connectivity index (χ1) is 11.0. The molecule has 1 aliphatic heterocycles. The first-order valence-corrected chi connectivity index (χ1v) is 8.75. The smallest absolute Gasteiger partial charge is 0.330 e. The van der Waals surface area contributed by atoms with Gasteiger partial charge in [-0.25, -0.2) is 8.70 Å². The van der Waals surface area contributed by atoms with Gasteiger partial charge in [-0.15, -0.1) is 12.4 Å². The lowest BCUT2D eigenvalue weighted by molar-refractivity contribution is 0.592. The summed E-state index contributed by atoms with van der Waals surface area (Å²) >= 11 is 0. The van der Waals surface area contributed by atoms with Gasteiger partial charge in [-0.1, -0.05) is 12.1 Å². The van der Waals surface area contributed by atoms with E-state index in [2.05, 4.69) is 0 Å². The molecule has 2 N–H and O–H groups in total. The van der Waals surface area contributed by atoms with Crippen molar-refractivity contribution in [3.05, 3.63) is 53.8 Å². The van der Waals surface area contributed by atoms with Gasteiger partial charge in [0.15, 0.2) is 0 Å². The fourth-order valence-corrected chi connectivity index (χ4v) is 4.58. The van der Waals surface area contributed by atoms with Crippen LogP contribution in [0.2, 0.25) is 0 Å². The maximum Gasteiger partial charge on any atom is 0.330 e. The molecule has 3 rings (SSSR count). The van der Waals surface area contributed by atoms with Crippen molar-refractivity contribution in [1.29, 1.82) is 0 Å². The van der Waals surface area contributed by atoms with Gasteiger partial charge in [0.2, 0.25) is 0 Å². The Morgan fingerprint density at radius 2 is 1.75 bits per heavy atom. The Morgan fingerprint density at radius 1 is 1.08 bits per heavy atom. The van der Waals surface area contributed by atoms with Crippen LogP contribution in [0.3, 0.4) is 0 Å². The number of halogens is 2. The van der Waals surface area contributed by atoms with Gasteiger partial charge in [0.25, 0.3) is 0 Å². The van der Waals surface area contributed by atoms with Crippen LogP contribution in [-0.2, 0) is 10.2 Å². The fraction of sp³-hybridized carbons (Fsp3) is 0.250. The quantitative estimate of drug-likeness (QED) is 0.897. The van der Waals surface area contributed by atoms with Gasteiger partial charge < -0.3 is 5.73 Å². The highest BCUT2D eigenvalue weighted by Gasteiger charge is 2.41. The SMILES string of the molecule is Cc1cc(F)ccc1N1c2ccccc2N(CCCN)S1(=O)=O.Cl. The van der Waals surface area contributed by atoms with E-state index in [1.807, 2.05) is 0 Å². The van der Waals surface area contributed by atoms with Crippen molar-refractivity contribution in [2.24, 2.45) is 5.73 Å². The topological polar surface area (TPSA) is 66.6 Å². The van der Waals surface area contributed by atoms with E-state index in [-0.39, 0.29) is 12.4 Å². The van der Waals surface area contributed by atoms with Crippen LogP contribution in [0, 0.1) is 12.7 Å². The average Bonchev–Trinajstić information content (AvgIpc) is 2.72. The number of para-hydroxylation sites is 2. The van der Waals surface area contributed by atoms with Crippen LogP contribution in [0.5, 0.6) is 0 Å². The van der Waals surface area contributed by atoms with Crippen LogP contribution in [0.4, 0.5) is 21.5 Å². The second-order valence-corrected chi connectivity index (χ2v) is 7.11. The summed E-state index contributed by atoms with van der Waals surface area (Å²) < 4.78 is 42.0. The number of rotatable bonds is 4. The summed E-state index contributed by atoms with van der Waals surface area (Å²) in [5.41, 5.74) is 7.72. The maximum atomic E-state index is 13.4. The second kappa shape index (κ2) is 6.96. The van der Waals surface area contributed by atoms with E-state index in [9.17, 15) is 12.8 Å². The lowest BCUT2D eigenvalue weighted by Crippen LogP contribution is -2.36. The maximum absolute atomic E-state index is 13.4. The highest BCUT2D eigenvalue weighted by atomic mass is 35.5. The molecule has 0 amide bonds. The third-order valence-corrected chi connectivity index (χ3v) is 5.61. The second-order valence-electron chi connectivity index (χ2n) is 5.41. The fourth-order valence-electron chi connectivity index (χ4n) is 2.77. The molecule has 1 aliphatic rings. The first kappa shape index (κ1) is 18.5. The lowest BCUT2D eigenvalue weighted by atomic mass is 10.1. The Morgan fingerprint density at radius 3 is 2.38 bits per heavy atom. The van der Waals surface area contributed by atoms with E-state index >= 15 is 0 Å². The molecule has 0 spiro atoms. The predicted octanol–water partition coefficient (Wildman–Crippen LogP) is 3.11. The van der Waals surface area contributed by atoms with Crippen LogP contribution in [0.1, 0.15) is 12.0 Å². The van der Waals surface area contributed by atoms with Gasteiger partial charge in [-0.3, -0.25) is 4.31 Å². The van der Waals surface area contributed by atoms with Crippen molar-refractivity contribution in [3.8, 4) is 0 Å². The van der Waals surface area contributed by atoms with Crippen LogP contribution in [0.15, 0.2) is 42.5 Å². The predicted molar refractivity (Wildman–Crippen MR) is 96.9 cm³/mol. The number of nitrogens with zero attached hydrogens (tertiary/aromatic N) is 2. The molecule has 0 atom stereocenters. The molecule has 0 bridgehead atoms. The van der Waals surface area contributed by atoms with Gasteiger partial charge in [-0.2, -0.15) is 8.42 Å². The van der Waals surface area contributed by atoms with Gasteiger partial charge >= 0.3 is 10.2 Å². The number of anilines is 3. The molecule has 0 saturated heterocycles. The van der Waals surface area contributed by atoms with Crippen LogP contribution in [-0.4, -0.2) is 21.5 Å². The van der Waals surface area contributed by atoms with Gasteiger partial charge in [0.1, 0.15) is 5.82 Å². The van der Waals surface area contributed by atoms with Crippen molar-refractivity contribution in [2.75, 3.05) is 21.7 Å². The third-order valence-electron chi connectivity index (χ3n) is 3.82. The zero-order chi connectivity index (χ0) is 16.6. The highest BCUT2D eigenvalue weighted by Crippen LogP contribution is 2.45. The molecule has 0 fully saturated rings. The lowest BCUT2D eigenvalue weighted by Gasteiger charge is -2.23. The Bertz CT molecular complexity index is 845. The van der Waals surface area contributed by atoms with E-state index in [1.54, 1.807) is 31.2 Å². The van der Waals surface area contributed by atoms with E-state index in [1.165, 1.54) is 26.8 Å². The first-order valence-electron chi connectivity index (χ1n) is 7.35.